The standard InChI is InChI=1S/C6H12O3/c1-2-9-6(3-7)4-8-5-6/h7H,2-5H2,1H3. The molecule has 1 saturated heterocycles. The van der Waals surface area contributed by atoms with Crippen LogP contribution in [-0.2, 0) is 9.47 Å². The topological polar surface area (TPSA) is 38.7 Å². The third-order valence-corrected chi connectivity index (χ3v) is 1.47. The van der Waals surface area contributed by atoms with Crippen LogP contribution in [0, 0.1) is 0 Å². The van der Waals surface area contributed by atoms with Crippen LogP contribution in [0.2, 0.25) is 0 Å². The molecule has 3 nitrogen and oxygen atoms in total. The second-order valence-electron chi connectivity index (χ2n) is 2.27. The van der Waals surface area contributed by atoms with Crippen LogP contribution >= 0.6 is 0 Å². The Balaban J connectivity index is 2.28. The number of rotatable bonds is 3. The zero-order chi connectivity index (χ0) is 6.74. The molecular formula is C6H12O3. The highest BCUT2D eigenvalue weighted by atomic mass is 16.6. The van der Waals surface area contributed by atoms with E-state index in [9.17, 15) is 0 Å². The molecule has 1 rings (SSSR count). The van der Waals surface area contributed by atoms with Crippen molar-refractivity contribution < 1.29 is 14.6 Å². The van der Waals surface area contributed by atoms with Crippen LogP contribution in [0.5, 0.6) is 0 Å². The highest BCUT2D eigenvalue weighted by molar-refractivity contribution is 4.86. The van der Waals surface area contributed by atoms with E-state index in [4.69, 9.17) is 14.6 Å². The second-order valence-corrected chi connectivity index (χ2v) is 2.27. The fourth-order valence-corrected chi connectivity index (χ4v) is 0.856. The molecule has 1 fully saturated rings. The van der Waals surface area contributed by atoms with Crippen LogP contribution in [0.1, 0.15) is 6.92 Å². The molecule has 9 heavy (non-hydrogen) atoms. The summed E-state index contributed by atoms with van der Waals surface area (Å²) in [5.74, 6) is 0. The smallest absolute Gasteiger partial charge is 0.137 e. The van der Waals surface area contributed by atoms with Gasteiger partial charge in [0.15, 0.2) is 0 Å². The van der Waals surface area contributed by atoms with Crippen LogP contribution < -0.4 is 0 Å². The van der Waals surface area contributed by atoms with E-state index in [1.807, 2.05) is 6.92 Å². The minimum absolute atomic E-state index is 0.0703. The third-order valence-electron chi connectivity index (χ3n) is 1.47. The van der Waals surface area contributed by atoms with Crippen molar-refractivity contribution in [3.05, 3.63) is 0 Å². The van der Waals surface area contributed by atoms with E-state index in [0.29, 0.717) is 19.8 Å². The molecule has 54 valence electrons. The first-order valence-corrected chi connectivity index (χ1v) is 3.15. The minimum Gasteiger partial charge on any atom is -0.393 e. The van der Waals surface area contributed by atoms with Crippen LogP contribution in [0.25, 0.3) is 0 Å². The number of hydrogen-bond acceptors (Lipinski definition) is 3. The highest BCUT2D eigenvalue weighted by Gasteiger charge is 2.38. The van der Waals surface area contributed by atoms with Crippen molar-refractivity contribution >= 4 is 0 Å². The molecule has 0 atom stereocenters. The third kappa shape index (κ3) is 1.23. The van der Waals surface area contributed by atoms with Crippen molar-refractivity contribution in [3.8, 4) is 0 Å². The molecule has 0 aromatic heterocycles. The lowest BCUT2D eigenvalue weighted by Crippen LogP contribution is -2.54. The number of ether oxygens (including phenoxy) is 2. The molecule has 0 spiro atoms. The highest BCUT2D eigenvalue weighted by Crippen LogP contribution is 2.20. The molecule has 0 aromatic carbocycles. The molecule has 1 aliphatic rings. The quantitative estimate of drug-likeness (QED) is 0.577. The SMILES string of the molecule is CCOC1(CO)COC1. The first-order valence-electron chi connectivity index (χ1n) is 3.15. The average molecular weight is 132 g/mol. The van der Waals surface area contributed by atoms with E-state index in [2.05, 4.69) is 0 Å². The summed E-state index contributed by atoms with van der Waals surface area (Å²) in [5.41, 5.74) is -0.352. The molecule has 0 radical (unpaired) electrons. The average Bonchev–Trinajstić information content (AvgIpc) is 1.79. The van der Waals surface area contributed by atoms with E-state index < -0.39 is 0 Å². The van der Waals surface area contributed by atoms with E-state index in [0.717, 1.165) is 0 Å². The van der Waals surface area contributed by atoms with Crippen molar-refractivity contribution in [3.63, 3.8) is 0 Å². The summed E-state index contributed by atoms with van der Waals surface area (Å²) >= 11 is 0. The monoisotopic (exact) mass is 132 g/mol. The molecule has 0 amide bonds. The molecule has 0 unspecified atom stereocenters. The number of hydrogen-bond donors (Lipinski definition) is 1. The summed E-state index contributed by atoms with van der Waals surface area (Å²) in [6, 6.07) is 0. The molecule has 3 heteroatoms. The Morgan fingerprint density at radius 1 is 1.67 bits per heavy atom. The van der Waals surface area contributed by atoms with Crippen LogP contribution in [0.15, 0.2) is 0 Å². The maximum Gasteiger partial charge on any atom is 0.137 e. The first-order chi connectivity index (χ1) is 4.33. The van der Waals surface area contributed by atoms with Gasteiger partial charge in [-0.2, -0.15) is 0 Å². The van der Waals surface area contributed by atoms with Crippen LogP contribution in [0.4, 0.5) is 0 Å². The van der Waals surface area contributed by atoms with Crippen molar-refractivity contribution in [2.45, 2.75) is 12.5 Å². The van der Waals surface area contributed by atoms with Gasteiger partial charge in [-0.25, -0.2) is 0 Å². The summed E-state index contributed by atoms with van der Waals surface area (Å²) in [7, 11) is 0. The first kappa shape index (κ1) is 6.99. The molecule has 0 aliphatic carbocycles. The Labute approximate surface area is 54.6 Å². The molecular weight excluding hydrogens is 120 g/mol. The number of aliphatic hydroxyl groups is 1. The van der Waals surface area contributed by atoms with Gasteiger partial charge < -0.3 is 14.6 Å². The van der Waals surface area contributed by atoms with Gasteiger partial charge in [-0.05, 0) is 6.92 Å². The fraction of sp³-hybridized carbons (Fsp3) is 1.00. The molecule has 1 aliphatic heterocycles. The molecule has 0 bridgehead atoms. The van der Waals surface area contributed by atoms with Gasteiger partial charge in [-0.15, -0.1) is 0 Å². The summed E-state index contributed by atoms with van der Waals surface area (Å²) in [6.45, 7) is 3.70. The Morgan fingerprint density at radius 3 is 2.44 bits per heavy atom. The predicted molar refractivity (Wildman–Crippen MR) is 32.3 cm³/mol. The van der Waals surface area contributed by atoms with Crippen molar-refractivity contribution in [1.82, 2.24) is 0 Å². The maximum absolute atomic E-state index is 8.76. The van der Waals surface area contributed by atoms with Gasteiger partial charge in [0.1, 0.15) is 5.60 Å². The minimum atomic E-state index is -0.352. The fourth-order valence-electron chi connectivity index (χ4n) is 0.856. The summed E-state index contributed by atoms with van der Waals surface area (Å²) in [4.78, 5) is 0. The molecule has 1 N–H and O–H groups in total. The molecule has 0 saturated carbocycles. The predicted octanol–water partition coefficient (Wildman–Crippen LogP) is -0.216. The van der Waals surface area contributed by atoms with E-state index in [1.54, 1.807) is 0 Å². The van der Waals surface area contributed by atoms with Crippen molar-refractivity contribution in [1.29, 1.82) is 0 Å². The summed E-state index contributed by atoms with van der Waals surface area (Å²) in [5, 5.41) is 8.76. The van der Waals surface area contributed by atoms with Crippen molar-refractivity contribution in [2.75, 3.05) is 26.4 Å². The Morgan fingerprint density at radius 2 is 2.33 bits per heavy atom. The van der Waals surface area contributed by atoms with E-state index >= 15 is 0 Å². The van der Waals surface area contributed by atoms with Crippen LogP contribution in [-0.4, -0.2) is 37.1 Å². The van der Waals surface area contributed by atoms with Gasteiger partial charge in [0.25, 0.3) is 0 Å². The lowest BCUT2D eigenvalue weighted by Gasteiger charge is -2.39. The largest absolute Gasteiger partial charge is 0.393 e. The van der Waals surface area contributed by atoms with Gasteiger partial charge in [0.05, 0.1) is 19.8 Å². The Kier molecular flexibility index (Phi) is 2.05. The van der Waals surface area contributed by atoms with Gasteiger partial charge >= 0.3 is 0 Å². The zero-order valence-electron chi connectivity index (χ0n) is 5.59. The Hall–Kier alpha value is -0.120. The van der Waals surface area contributed by atoms with Crippen LogP contribution in [0.3, 0.4) is 0 Å². The lowest BCUT2D eigenvalue weighted by molar-refractivity contribution is -0.223. The normalized spacial score (nSPS) is 23.3. The van der Waals surface area contributed by atoms with Gasteiger partial charge in [-0.1, -0.05) is 0 Å². The summed E-state index contributed by atoms with van der Waals surface area (Å²) < 4.78 is 10.1. The Bertz CT molecular complexity index is 82.8. The lowest BCUT2D eigenvalue weighted by atomic mass is 10.0. The van der Waals surface area contributed by atoms with E-state index in [1.165, 1.54) is 0 Å². The molecule has 0 aromatic rings. The van der Waals surface area contributed by atoms with Gasteiger partial charge in [0.2, 0.25) is 0 Å². The maximum atomic E-state index is 8.76. The van der Waals surface area contributed by atoms with Crippen molar-refractivity contribution in [2.24, 2.45) is 0 Å². The molecule has 1 heterocycles. The zero-order valence-corrected chi connectivity index (χ0v) is 5.59. The summed E-state index contributed by atoms with van der Waals surface area (Å²) in [6.07, 6.45) is 0. The van der Waals surface area contributed by atoms with E-state index in [-0.39, 0.29) is 12.2 Å². The van der Waals surface area contributed by atoms with Gasteiger partial charge in [0, 0.05) is 6.61 Å². The number of aliphatic hydroxyl groups excluding tert-OH is 1. The van der Waals surface area contributed by atoms with Gasteiger partial charge in [-0.3, -0.25) is 0 Å². The second kappa shape index (κ2) is 2.64.